The van der Waals surface area contributed by atoms with Crippen LogP contribution in [-0.2, 0) is 4.79 Å². The van der Waals surface area contributed by atoms with Gasteiger partial charge in [0, 0.05) is 16.6 Å². The fourth-order valence-electron chi connectivity index (χ4n) is 4.03. The van der Waals surface area contributed by atoms with Gasteiger partial charge in [-0.3, -0.25) is 4.79 Å². The zero-order chi connectivity index (χ0) is 20.1. The molecule has 2 aliphatic rings. The van der Waals surface area contributed by atoms with Crippen LogP contribution in [0.3, 0.4) is 0 Å². The Morgan fingerprint density at radius 3 is 2.75 bits per heavy atom. The van der Waals surface area contributed by atoms with E-state index in [1.165, 1.54) is 0 Å². The van der Waals surface area contributed by atoms with Crippen molar-refractivity contribution in [2.45, 2.75) is 38.0 Å². The van der Waals surface area contributed by atoms with E-state index >= 15 is 0 Å². The van der Waals surface area contributed by atoms with Gasteiger partial charge in [-0.05, 0) is 59.5 Å². The average molecular weight is 455 g/mol. The number of nitrogens with one attached hydrogen (secondary N) is 1. The topological polar surface area (TPSA) is 41.6 Å². The molecular weight excluding hydrogens is 437 g/mol. The van der Waals surface area contributed by atoms with Crippen molar-refractivity contribution in [3.63, 3.8) is 0 Å². The van der Waals surface area contributed by atoms with E-state index < -0.39 is 24.2 Å². The molecule has 2 aromatic carbocycles. The lowest BCUT2D eigenvalue weighted by Gasteiger charge is -2.42. The summed E-state index contributed by atoms with van der Waals surface area (Å²) in [5.74, 6) is -0.684. The lowest BCUT2D eigenvalue weighted by atomic mass is 9.89. The summed E-state index contributed by atoms with van der Waals surface area (Å²) in [7, 11) is 0. The number of hydrogen-bond donors (Lipinski definition) is 1. The van der Waals surface area contributed by atoms with Crippen molar-refractivity contribution in [2.75, 3.05) is 11.4 Å². The number of benzene rings is 2. The first-order chi connectivity index (χ1) is 13.3. The van der Waals surface area contributed by atoms with E-state index in [0.29, 0.717) is 30.9 Å². The molecule has 2 aliphatic heterocycles. The number of aryl methyl sites for hydroxylation is 1. The maximum atomic E-state index is 12.9. The lowest BCUT2D eigenvalue weighted by Crippen LogP contribution is -2.52. The van der Waals surface area contributed by atoms with Gasteiger partial charge in [0.1, 0.15) is 5.75 Å². The molecule has 148 valence electrons. The van der Waals surface area contributed by atoms with E-state index in [1.807, 2.05) is 42.2 Å². The molecule has 0 unspecified atom stereocenters. The molecule has 1 N–H and O–H groups in total. The Morgan fingerprint density at radius 2 is 2.00 bits per heavy atom. The zero-order valence-electron chi connectivity index (χ0n) is 15.0. The number of halogens is 4. The van der Waals surface area contributed by atoms with E-state index in [9.17, 15) is 18.0 Å². The van der Waals surface area contributed by atoms with Gasteiger partial charge < -0.3 is 15.0 Å². The minimum absolute atomic E-state index is 0.454. The fourth-order valence-corrected chi connectivity index (χ4v) is 4.81. The van der Waals surface area contributed by atoms with Gasteiger partial charge >= 0.3 is 12.1 Å². The highest BCUT2D eigenvalue weighted by molar-refractivity contribution is 9.10. The van der Waals surface area contributed by atoms with Crippen LogP contribution in [0, 0.1) is 6.92 Å². The van der Waals surface area contributed by atoms with Crippen LogP contribution in [0.4, 0.5) is 18.9 Å². The molecule has 2 atom stereocenters. The molecule has 0 aliphatic carbocycles. The number of fused-ring (bicyclic) bond motifs is 5. The second-order valence-corrected chi connectivity index (χ2v) is 7.95. The first-order valence-electron chi connectivity index (χ1n) is 8.97. The average Bonchev–Trinajstić information content (AvgIpc) is 2.75. The zero-order valence-corrected chi connectivity index (χ0v) is 16.6. The molecular formula is C20H18BrF3N2O2. The summed E-state index contributed by atoms with van der Waals surface area (Å²) >= 11 is 3.59. The molecule has 1 fully saturated rings. The van der Waals surface area contributed by atoms with Crippen molar-refractivity contribution in [3.8, 4) is 11.5 Å². The summed E-state index contributed by atoms with van der Waals surface area (Å²) in [6.07, 6.45) is -3.81. The second kappa shape index (κ2) is 6.99. The second-order valence-electron chi connectivity index (χ2n) is 7.09. The molecule has 0 spiro atoms. The number of amides is 1. The molecule has 2 aromatic rings. The summed E-state index contributed by atoms with van der Waals surface area (Å²) in [6, 6.07) is 10.0. The summed E-state index contributed by atoms with van der Waals surface area (Å²) < 4.78 is 45.7. The third kappa shape index (κ3) is 3.34. The number of carbonyl (C=O) groups is 1. The van der Waals surface area contributed by atoms with E-state index in [-0.39, 0.29) is 0 Å². The van der Waals surface area contributed by atoms with Crippen molar-refractivity contribution < 1.29 is 22.7 Å². The molecule has 1 saturated heterocycles. The Hall–Kier alpha value is -2.22. The Balaban J connectivity index is 1.84. The van der Waals surface area contributed by atoms with Crippen LogP contribution in [0.25, 0.3) is 0 Å². The van der Waals surface area contributed by atoms with E-state index in [1.54, 1.807) is 6.07 Å². The number of ether oxygens (including phenoxy) is 1. The molecule has 0 saturated carbocycles. The van der Waals surface area contributed by atoms with Gasteiger partial charge in [0.05, 0.1) is 17.8 Å². The number of nitrogens with zero attached hydrogens (tertiary/aromatic N) is 1. The Kier molecular flexibility index (Phi) is 4.77. The molecule has 0 aromatic heterocycles. The molecule has 2 heterocycles. The number of alkyl halides is 3. The lowest BCUT2D eigenvalue weighted by molar-refractivity contribution is -0.174. The van der Waals surface area contributed by atoms with Gasteiger partial charge in [-0.1, -0.05) is 18.2 Å². The molecule has 0 radical (unpaired) electrons. The van der Waals surface area contributed by atoms with Gasteiger partial charge in [0.25, 0.3) is 0 Å². The highest BCUT2D eigenvalue weighted by atomic mass is 79.9. The number of carbonyl (C=O) groups excluding carboxylic acids is 1. The minimum Gasteiger partial charge on any atom is -0.455 e. The van der Waals surface area contributed by atoms with E-state index in [4.69, 9.17) is 4.74 Å². The number of anilines is 1. The molecule has 0 bridgehead atoms. The van der Waals surface area contributed by atoms with Crippen molar-refractivity contribution in [2.24, 2.45) is 0 Å². The Bertz CT molecular complexity index is 932. The largest absolute Gasteiger partial charge is 0.471 e. The first kappa shape index (κ1) is 19.1. The highest BCUT2D eigenvalue weighted by Gasteiger charge is 2.44. The quantitative estimate of drug-likeness (QED) is 0.639. The monoisotopic (exact) mass is 454 g/mol. The molecule has 4 rings (SSSR count). The maximum absolute atomic E-state index is 12.9. The smallest absolute Gasteiger partial charge is 0.455 e. The first-order valence-corrected chi connectivity index (χ1v) is 9.76. The molecule has 28 heavy (non-hydrogen) atoms. The standard InChI is InChI=1S/C20H18BrF3N2O2/c1-11-9-13(21)18-16(10-11)28-15-7-3-2-5-12(15)17-14(6-4-8-26(17)18)25-19(27)20(22,23)24/h2-3,5,7,9-10,14,17H,4,6,8H2,1H3,(H,25,27)/t14-,17+/m0/s1. The summed E-state index contributed by atoms with van der Waals surface area (Å²) in [5, 5.41) is 2.21. The van der Waals surface area contributed by atoms with Crippen LogP contribution in [0.1, 0.15) is 30.0 Å². The van der Waals surface area contributed by atoms with Gasteiger partial charge in [-0.25, -0.2) is 0 Å². The van der Waals surface area contributed by atoms with Crippen LogP contribution < -0.4 is 15.0 Å². The van der Waals surface area contributed by atoms with Crippen LogP contribution in [0.5, 0.6) is 11.5 Å². The third-order valence-electron chi connectivity index (χ3n) is 5.12. The Labute approximate surface area is 168 Å². The maximum Gasteiger partial charge on any atom is 0.471 e. The molecule has 4 nitrogen and oxygen atoms in total. The van der Waals surface area contributed by atoms with Crippen LogP contribution in [0.15, 0.2) is 40.9 Å². The van der Waals surface area contributed by atoms with Crippen molar-refractivity contribution in [1.29, 1.82) is 0 Å². The summed E-state index contributed by atoms with van der Waals surface area (Å²) in [5.41, 5.74) is 2.55. The minimum atomic E-state index is -4.92. The highest BCUT2D eigenvalue weighted by Crippen LogP contribution is 2.50. The van der Waals surface area contributed by atoms with Gasteiger partial charge in [0.15, 0.2) is 5.75 Å². The number of piperidine rings is 1. The third-order valence-corrected chi connectivity index (χ3v) is 5.73. The van der Waals surface area contributed by atoms with Crippen molar-refractivity contribution in [1.82, 2.24) is 5.32 Å². The fraction of sp³-hybridized carbons (Fsp3) is 0.350. The van der Waals surface area contributed by atoms with Gasteiger partial charge in [-0.2, -0.15) is 13.2 Å². The van der Waals surface area contributed by atoms with Crippen LogP contribution >= 0.6 is 15.9 Å². The predicted molar refractivity (Wildman–Crippen MR) is 103 cm³/mol. The normalized spacial score (nSPS) is 21.0. The number of rotatable bonds is 1. The molecule has 8 heteroatoms. The van der Waals surface area contributed by atoms with Crippen LogP contribution in [-0.4, -0.2) is 24.7 Å². The van der Waals surface area contributed by atoms with Gasteiger partial charge in [-0.15, -0.1) is 0 Å². The summed E-state index contributed by atoms with van der Waals surface area (Å²) in [6.45, 7) is 2.60. The number of para-hydroxylation sites is 1. The van der Waals surface area contributed by atoms with E-state index in [2.05, 4.69) is 21.2 Å². The van der Waals surface area contributed by atoms with Crippen LogP contribution in [0.2, 0.25) is 0 Å². The number of hydrogen-bond acceptors (Lipinski definition) is 3. The predicted octanol–water partition coefficient (Wildman–Crippen LogP) is 5.25. The van der Waals surface area contributed by atoms with E-state index in [0.717, 1.165) is 21.3 Å². The molecule has 1 amide bonds. The summed E-state index contributed by atoms with van der Waals surface area (Å²) in [4.78, 5) is 13.7. The van der Waals surface area contributed by atoms with Crippen molar-refractivity contribution >= 4 is 27.5 Å². The van der Waals surface area contributed by atoms with Crippen molar-refractivity contribution in [3.05, 3.63) is 52.0 Å². The Morgan fingerprint density at radius 1 is 1.25 bits per heavy atom. The SMILES string of the molecule is Cc1cc(Br)c2c(c1)Oc1ccccc1[C@@H]1[C@@H](NC(=O)C(F)(F)F)CCCN21. The van der Waals surface area contributed by atoms with Gasteiger partial charge in [0.2, 0.25) is 0 Å².